The largest absolute Gasteiger partial charge is 0.489 e. The standard InChI is InChI=1S/C24H26N2O2/c1-26(2)23(20-12-7-4-8-13-20)17-25-24(27)21-14-9-15-22(16-21)28-18-19-10-5-3-6-11-19/h3-16,23H,17-18H2,1-2H3,(H,25,27)/t23-/m0/s1. The molecule has 0 spiro atoms. The van der Waals surface area contributed by atoms with E-state index in [0.29, 0.717) is 24.5 Å². The van der Waals surface area contributed by atoms with E-state index in [9.17, 15) is 4.79 Å². The topological polar surface area (TPSA) is 41.6 Å². The van der Waals surface area contributed by atoms with Crippen LogP contribution in [0.4, 0.5) is 0 Å². The summed E-state index contributed by atoms with van der Waals surface area (Å²) in [5.41, 5.74) is 2.86. The zero-order valence-electron chi connectivity index (χ0n) is 16.3. The monoisotopic (exact) mass is 374 g/mol. The number of carbonyl (C=O) groups excluding carboxylic acids is 1. The molecule has 1 N–H and O–H groups in total. The molecule has 0 aliphatic rings. The molecular weight excluding hydrogens is 348 g/mol. The maximum absolute atomic E-state index is 12.6. The predicted octanol–water partition coefficient (Wildman–Crippen LogP) is 4.30. The Labute approximate surface area is 166 Å². The number of hydrogen-bond donors (Lipinski definition) is 1. The molecule has 28 heavy (non-hydrogen) atoms. The van der Waals surface area contributed by atoms with Gasteiger partial charge in [-0.3, -0.25) is 4.79 Å². The Kier molecular flexibility index (Phi) is 6.82. The molecule has 1 amide bonds. The van der Waals surface area contributed by atoms with Crippen molar-refractivity contribution in [2.75, 3.05) is 20.6 Å². The van der Waals surface area contributed by atoms with Crippen LogP contribution in [0.2, 0.25) is 0 Å². The highest BCUT2D eigenvalue weighted by molar-refractivity contribution is 5.94. The summed E-state index contributed by atoms with van der Waals surface area (Å²) in [7, 11) is 4.03. The van der Waals surface area contributed by atoms with Gasteiger partial charge in [0.05, 0.1) is 6.04 Å². The molecule has 3 aromatic rings. The fraction of sp³-hybridized carbons (Fsp3) is 0.208. The van der Waals surface area contributed by atoms with Gasteiger partial charge in [0.15, 0.2) is 0 Å². The van der Waals surface area contributed by atoms with Gasteiger partial charge in [0.1, 0.15) is 12.4 Å². The molecule has 0 saturated heterocycles. The summed E-state index contributed by atoms with van der Waals surface area (Å²) in [6.07, 6.45) is 0. The second kappa shape index (κ2) is 9.72. The molecule has 0 aliphatic heterocycles. The fourth-order valence-corrected chi connectivity index (χ4v) is 3.03. The molecule has 4 nitrogen and oxygen atoms in total. The Balaban J connectivity index is 1.61. The smallest absolute Gasteiger partial charge is 0.251 e. The van der Waals surface area contributed by atoms with Crippen LogP contribution in [0.3, 0.4) is 0 Å². The molecule has 0 radical (unpaired) electrons. The number of nitrogens with zero attached hydrogens (tertiary/aromatic N) is 1. The first-order chi connectivity index (χ1) is 13.6. The van der Waals surface area contributed by atoms with E-state index < -0.39 is 0 Å². The van der Waals surface area contributed by atoms with E-state index in [0.717, 1.165) is 5.56 Å². The molecule has 3 aromatic carbocycles. The Morgan fingerprint density at radius 2 is 1.61 bits per heavy atom. The van der Waals surface area contributed by atoms with Gasteiger partial charge in [-0.1, -0.05) is 66.7 Å². The zero-order chi connectivity index (χ0) is 19.8. The van der Waals surface area contributed by atoms with Crippen molar-refractivity contribution >= 4 is 5.91 Å². The molecule has 144 valence electrons. The first-order valence-corrected chi connectivity index (χ1v) is 9.40. The number of amides is 1. The summed E-state index contributed by atoms with van der Waals surface area (Å²) in [5, 5.41) is 3.04. The average molecular weight is 374 g/mol. The van der Waals surface area contributed by atoms with Crippen molar-refractivity contribution in [2.45, 2.75) is 12.6 Å². The lowest BCUT2D eigenvalue weighted by atomic mass is 10.1. The van der Waals surface area contributed by atoms with Gasteiger partial charge in [-0.2, -0.15) is 0 Å². The van der Waals surface area contributed by atoms with E-state index in [1.807, 2.05) is 74.8 Å². The molecule has 3 rings (SSSR count). The van der Waals surface area contributed by atoms with Crippen LogP contribution in [-0.4, -0.2) is 31.4 Å². The Hall–Kier alpha value is -3.11. The SMILES string of the molecule is CN(C)[C@@H](CNC(=O)c1cccc(OCc2ccccc2)c1)c1ccccc1. The van der Waals surface area contributed by atoms with Crippen LogP contribution in [0.25, 0.3) is 0 Å². The zero-order valence-corrected chi connectivity index (χ0v) is 16.3. The van der Waals surface area contributed by atoms with Gasteiger partial charge in [-0.05, 0) is 43.4 Å². The number of likely N-dealkylation sites (N-methyl/N-ethyl adjacent to an activating group) is 1. The summed E-state index contributed by atoms with van der Waals surface area (Å²) in [4.78, 5) is 14.8. The highest BCUT2D eigenvalue weighted by Crippen LogP contribution is 2.18. The second-order valence-electron chi connectivity index (χ2n) is 6.90. The van der Waals surface area contributed by atoms with Crippen LogP contribution in [-0.2, 0) is 6.61 Å². The summed E-state index contributed by atoms with van der Waals surface area (Å²) in [5.74, 6) is 0.580. The van der Waals surface area contributed by atoms with Crippen LogP contribution in [0.15, 0.2) is 84.9 Å². The van der Waals surface area contributed by atoms with Gasteiger partial charge in [0.25, 0.3) is 5.91 Å². The van der Waals surface area contributed by atoms with E-state index in [2.05, 4.69) is 22.3 Å². The number of benzene rings is 3. The van der Waals surface area contributed by atoms with E-state index in [4.69, 9.17) is 4.74 Å². The third kappa shape index (κ3) is 5.44. The van der Waals surface area contributed by atoms with E-state index >= 15 is 0 Å². The van der Waals surface area contributed by atoms with Crippen LogP contribution in [0, 0.1) is 0 Å². The van der Waals surface area contributed by atoms with Crippen LogP contribution >= 0.6 is 0 Å². The number of nitrogens with one attached hydrogen (secondary N) is 1. The summed E-state index contributed by atoms with van der Waals surface area (Å²) in [6, 6.07) is 27.6. The van der Waals surface area contributed by atoms with Gasteiger partial charge in [-0.25, -0.2) is 0 Å². The maximum atomic E-state index is 12.6. The lowest BCUT2D eigenvalue weighted by molar-refractivity contribution is 0.0941. The molecule has 0 aromatic heterocycles. The highest BCUT2D eigenvalue weighted by Gasteiger charge is 2.16. The first-order valence-electron chi connectivity index (χ1n) is 9.40. The van der Waals surface area contributed by atoms with Crippen molar-refractivity contribution in [1.82, 2.24) is 10.2 Å². The summed E-state index contributed by atoms with van der Waals surface area (Å²) in [6.45, 7) is 1.01. The lowest BCUT2D eigenvalue weighted by Crippen LogP contribution is -2.34. The normalized spacial score (nSPS) is 11.8. The maximum Gasteiger partial charge on any atom is 0.251 e. The minimum atomic E-state index is -0.104. The van der Waals surface area contributed by atoms with Crippen molar-refractivity contribution < 1.29 is 9.53 Å². The third-order valence-corrected chi connectivity index (χ3v) is 4.61. The summed E-state index contributed by atoms with van der Waals surface area (Å²) >= 11 is 0. The molecule has 4 heteroatoms. The van der Waals surface area contributed by atoms with Crippen LogP contribution in [0.1, 0.15) is 27.5 Å². The molecule has 1 atom stereocenters. The van der Waals surface area contributed by atoms with Gasteiger partial charge in [0.2, 0.25) is 0 Å². The molecule has 0 aliphatic carbocycles. The fourth-order valence-electron chi connectivity index (χ4n) is 3.03. The van der Waals surface area contributed by atoms with Crippen molar-refractivity contribution in [3.8, 4) is 5.75 Å². The van der Waals surface area contributed by atoms with Gasteiger partial charge < -0.3 is 15.0 Å². The van der Waals surface area contributed by atoms with Crippen molar-refractivity contribution in [3.63, 3.8) is 0 Å². The third-order valence-electron chi connectivity index (χ3n) is 4.61. The van der Waals surface area contributed by atoms with Crippen LogP contribution in [0.5, 0.6) is 5.75 Å². The van der Waals surface area contributed by atoms with Crippen molar-refractivity contribution in [3.05, 3.63) is 102 Å². The van der Waals surface area contributed by atoms with E-state index in [-0.39, 0.29) is 11.9 Å². The quantitative estimate of drug-likeness (QED) is 0.639. The Morgan fingerprint density at radius 3 is 2.29 bits per heavy atom. The van der Waals surface area contributed by atoms with E-state index in [1.165, 1.54) is 5.56 Å². The number of carbonyl (C=O) groups is 1. The Bertz CT molecular complexity index is 879. The first kappa shape index (κ1) is 19.6. The number of hydrogen-bond acceptors (Lipinski definition) is 3. The number of ether oxygens (including phenoxy) is 1. The minimum Gasteiger partial charge on any atom is -0.489 e. The highest BCUT2D eigenvalue weighted by atomic mass is 16.5. The summed E-state index contributed by atoms with van der Waals surface area (Å²) < 4.78 is 5.83. The molecule has 0 saturated carbocycles. The lowest BCUT2D eigenvalue weighted by Gasteiger charge is -2.25. The molecule has 0 fully saturated rings. The molecule has 0 heterocycles. The van der Waals surface area contributed by atoms with E-state index in [1.54, 1.807) is 12.1 Å². The van der Waals surface area contributed by atoms with Gasteiger partial charge in [0, 0.05) is 12.1 Å². The molecular formula is C24H26N2O2. The van der Waals surface area contributed by atoms with Crippen molar-refractivity contribution in [1.29, 1.82) is 0 Å². The van der Waals surface area contributed by atoms with Crippen LogP contribution < -0.4 is 10.1 Å². The number of rotatable bonds is 8. The van der Waals surface area contributed by atoms with Crippen molar-refractivity contribution in [2.24, 2.45) is 0 Å². The average Bonchev–Trinajstić information content (AvgIpc) is 2.74. The Morgan fingerprint density at radius 1 is 0.929 bits per heavy atom. The molecule has 0 bridgehead atoms. The van der Waals surface area contributed by atoms with Gasteiger partial charge >= 0.3 is 0 Å². The second-order valence-corrected chi connectivity index (χ2v) is 6.90. The van der Waals surface area contributed by atoms with Gasteiger partial charge in [-0.15, -0.1) is 0 Å². The predicted molar refractivity (Wildman–Crippen MR) is 112 cm³/mol. The minimum absolute atomic E-state index is 0.104. The molecule has 0 unspecified atom stereocenters.